The summed E-state index contributed by atoms with van der Waals surface area (Å²) in [5.74, 6) is 0. The minimum absolute atomic E-state index is 0.405. The summed E-state index contributed by atoms with van der Waals surface area (Å²) < 4.78 is 0. The molecule has 0 bridgehead atoms. The van der Waals surface area contributed by atoms with Crippen LogP contribution < -0.4 is 11.2 Å². The first kappa shape index (κ1) is 7.59. The Morgan fingerprint density at radius 3 is 2.40 bits per heavy atom. The molecule has 0 atom stereocenters. The van der Waals surface area contributed by atoms with Gasteiger partial charge in [-0.3, -0.25) is 0 Å². The Hall–Kier alpha value is -0.515. The average Bonchev–Trinajstić information content (AvgIpc) is 2.14. The molecule has 1 rings (SSSR count). The SMILES string of the molecule is Cc1scc(B(O)O)c1N. The molecule has 54 valence electrons. The van der Waals surface area contributed by atoms with Crippen molar-refractivity contribution in [3.05, 3.63) is 10.3 Å². The Labute approximate surface area is 63.3 Å². The third-order valence-electron chi connectivity index (χ3n) is 1.33. The van der Waals surface area contributed by atoms with Gasteiger partial charge in [0, 0.05) is 16.0 Å². The molecule has 0 aliphatic rings. The zero-order valence-electron chi connectivity index (χ0n) is 5.53. The molecular weight excluding hydrogens is 149 g/mol. The largest absolute Gasteiger partial charge is 0.491 e. The fourth-order valence-corrected chi connectivity index (χ4v) is 1.48. The van der Waals surface area contributed by atoms with Crippen molar-refractivity contribution < 1.29 is 10.0 Å². The van der Waals surface area contributed by atoms with E-state index in [1.165, 1.54) is 11.3 Å². The Kier molecular flexibility index (Phi) is 1.98. The van der Waals surface area contributed by atoms with E-state index in [0.29, 0.717) is 11.2 Å². The lowest BCUT2D eigenvalue weighted by Gasteiger charge is -1.95. The maximum Gasteiger partial charge on any atom is 0.491 e. The van der Waals surface area contributed by atoms with Gasteiger partial charge in [0.25, 0.3) is 0 Å². The zero-order chi connectivity index (χ0) is 7.72. The van der Waals surface area contributed by atoms with Crippen molar-refractivity contribution in [2.24, 2.45) is 0 Å². The summed E-state index contributed by atoms with van der Waals surface area (Å²) in [6, 6.07) is 0. The third kappa shape index (κ3) is 1.16. The maximum absolute atomic E-state index is 8.70. The van der Waals surface area contributed by atoms with Crippen LogP contribution in [0.1, 0.15) is 4.88 Å². The smallest absolute Gasteiger partial charge is 0.423 e. The first-order valence-electron chi connectivity index (χ1n) is 2.82. The van der Waals surface area contributed by atoms with Gasteiger partial charge in [0.15, 0.2) is 0 Å². The van der Waals surface area contributed by atoms with Gasteiger partial charge in [-0.15, -0.1) is 11.3 Å². The Morgan fingerprint density at radius 1 is 1.60 bits per heavy atom. The topological polar surface area (TPSA) is 66.5 Å². The standard InChI is InChI=1S/C5H8BNO2S/c1-3-5(7)4(2-10-3)6(8)9/h2,8-9H,7H2,1H3. The highest BCUT2D eigenvalue weighted by Gasteiger charge is 2.16. The van der Waals surface area contributed by atoms with Gasteiger partial charge in [-0.2, -0.15) is 0 Å². The number of hydrogen-bond donors (Lipinski definition) is 3. The molecule has 0 saturated carbocycles. The summed E-state index contributed by atoms with van der Waals surface area (Å²) in [6.45, 7) is 1.84. The zero-order valence-corrected chi connectivity index (χ0v) is 6.35. The van der Waals surface area contributed by atoms with Crippen molar-refractivity contribution in [1.82, 2.24) is 0 Å². The lowest BCUT2D eigenvalue weighted by molar-refractivity contribution is 0.426. The van der Waals surface area contributed by atoms with Gasteiger partial charge in [0.1, 0.15) is 0 Å². The molecule has 0 spiro atoms. The van der Waals surface area contributed by atoms with Crippen LogP contribution in [0.2, 0.25) is 0 Å². The molecule has 4 N–H and O–H groups in total. The lowest BCUT2D eigenvalue weighted by atomic mass is 9.81. The van der Waals surface area contributed by atoms with Crippen LogP contribution in [-0.2, 0) is 0 Å². The first-order valence-corrected chi connectivity index (χ1v) is 3.70. The second-order valence-electron chi connectivity index (χ2n) is 2.03. The third-order valence-corrected chi connectivity index (χ3v) is 2.28. The predicted octanol–water partition coefficient (Wildman–Crippen LogP) is -0.681. The van der Waals surface area contributed by atoms with E-state index in [2.05, 4.69) is 0 Å². The van der Waals surface area contributed by atoms with E-state index in [-0.39, 0.29) is 0 Å². The first-order chi connectivity index (χ1) is 4.63. The normalized spacial score (nSPS) is 9.90. The highest BCUT2D eigenvalue weighted by atomic mass is 32.1. The maximum atomic E-state index is 8.70. The van der Waals surface area contributed by atoms with E-state index >= 15 is 0 Å². The van der Waals surface area contributed by atoms with Crippen LogP contribution in [0.25, 0.3) is 0 Å². The molecule has 0 saturated heterocycles. The number of anilines is 1. The van der Waals surface area contributed by atoms with Crippen molar-refractivity contribution in [2.45, 2.75) is 6.92 Å². The molecule has 0 unspecified atom stereocenters. The number of thiophene rings is 1. The van der Waals surface area contributed by atoms with Gasteiger partial charge in [-0.25, -0.2) is 0 Å². The van der Waals surface area contributed by atoms with Crippen LogP contribution in [0.4, 0.5) is 5.69 Å². The monoisotopic (exact) mass is 157 g/mol. The van der Waals surface area contributed by atoms with Crippen molar-refractivity contribution in [1.29, 1.82) is 0 Å². The molecule has 1 aromatic rings. The number of rotatable bonds is 1. The molecule has 0 aliphatic carbocycles. The van der Waals surface area contributed by atoms with E-state index < -0.39 is 7.12 Å². The van der Waals surface area contributed by atoms with E-state index in [1.54, 1.807) is 5.38 Å². The van der Waals surface area contributed by atoms with Gasteiger partial charge < -0.3 is 15.8 Å². The molecule has 0 aliphatic heterocycles. The Bertz CT molecular complexity index is 236. The Balaban J connectivity index is 3.05. The van der Waals surface area contributed by atoms with Crippen LogP contribution in [0, 0.1) is 6.92 Å². The van der Waals surface area contributed by atoms with Crippen molar-refractivity contribution in [3.63, 3.8) is 0 Å². The fraction of sp³-hybridized carbons (Fsp3) is 0.200. The fourth-order valence-electron chi connectivity index (χ4n) is 0.682. The van der Waals surface area contributed by atoms with Crippen LogP contribution in [-0.4, -0.2) is 17.2 Å². The predicted molar refractivity (Wildman–Crippen MR) is 43.3 cm³/mol. The summed E-state index contributed by atoms with van der Waals surface area (Å²) in [7, 11) is -1.44. The molecule has 0 aromatic carbocycles. The van der Waals surface area contributed by atoms with E-state index in [1.807, 2.05) is 6.92 Å². The minimum atomic E-state index is -1.44. The number of nitrogens with two attached hydrogens (primary N) is 1. The summed E-state index contributed by atoms with van der Waals surface area (Å²) in [6.07, 6.45) is 0. The van der Waals surface area contributed by atoms with Gasteiger partial charge in [0.2, 0.25) is 0 Å². The van der Waals surface area contributed by atoms with Crippen molar-refractivity contribution in [3.8, 4) is 0 Å². The second-order valence-corrected chi connectivity index (χ2v) is 3.12. The molecule has 0 radical (unpaired) electrons. The molecular formula is C5H8BNO2S. The van der Waals surface area contributed by atoms with Gasteiger partial charge in [0.05, 0.1) is 0 Å². The Morgan fingerprint density at radius 2 is 2.20 bits per heavy atom. The van der Waals surface area contributed by atoms with Crippen LogP contribution in [0.3, 0.4) is 0 Å². The molecule has 3 nitrogen and oxygen atoms in total. The molecule has 0 amide bonds. The number of hydrogen-bond acceptors (Lipinski definition) is 4. The van der Waals surface area contributed by atoms with Crippen LogP contribution in [0.15, 0.2) is 5.38 Å². The van der Waals surface area contributed by atoms with E-state index in [4.69, 9.17) is 15.8 Å². The molecule has 1 aromatic heterocycles. The minimum Gasteiger partial charge on any atom is -0.423 e. The summed E-state index contributed by atoms with van der Waals surface area (Å²) in [4.78, 5) is 0.920. The molecule has 10 heavy (non-hydrogen) atoms. The van der Waals surface area contributed by atoms with Gasteiger partial charge in [-0.1, -0.05) is 0 Å². The van der Waals surface area contributed by atoms with Gasteiger partial charge in [-0.05, 0) is 12.3 Å². The summed E-state index contributed by atoms with van der Waals surface area (Å²) in [5, 5.41) is 19.0. The van der Waals surface area contributed by atoms with Crippen molar-refractivity contribution in [2.75, 3.05) is 5.73 Å². The lowest BCUT2D eigenvalue weighted by Crippen LogP contribution is -2.30. The quantitative estimate of drug-likeness (QED) is 0.473. The van der Waals surface area contributed by atoms with Crippen molar-refractivity contribution >= 4 is 29.6 Å². The number of nitrogen functional groups attached to an aromatic ring is 1. The van der Waals surface area contributed by atoms with Crippen LogP contribution >= 0.6 is 11.3 Å². The van der Waals surface area contributed by atoms with E-state index in [9.17, 15) is 0 Å². The highest BCUT2D eigenvalue weighted by Crippen LogP contribution is 2.14. The second kappa shape index (κ2) is 2.61. The molecule has 0 fully saturated rings. The average molecular weight is 157 g/mol. The van der Waals surface area contributed by atoms with E-state index in [0.717, 1.165) is 4.88 Å². The highest BCUT2D eigenvalue weighted by molar-refractivity contribution is 7.11. The molecule has 5 heteroatoms. The number of aryl methyl sites for hydroxylation is 1. The van der Waals surface area contributed by atoms with Crippen LogP contribution in [0.5, 0.6) is 0 Å². The molecule has 1 heterocycles. The van der Waals surface area contributed by atoms with Gasteiger partial charge >= 0.3 is 7.12 Å². The summed E-state index contributed by atoms with van der Waals surface area (Å²) >= 11 is 1.41. The summed E-state index contributed by atoms with van der Waals surface area (Å²) in [5.41, 5.74) is 6.39.